The van der Waals surface area contributed by atoms with Crippen LogP contribution in [0.3, 0.4) is 0 Å². The highest BCUT2D eigenvalue weighted by Crippen LogP contribution is 2.42. The van der Waals surface area contributed by atoms with Gasteiger partial charge in [-0.1, -0.05) is 64.5 Å². The van der Waals surface area contributed by atoms with Crippen molar-refractivity contribution in [1.82, 2.24) is 20.2 Å². The summed E-state index contributed by atoms with van der Waals surface area (Å²) in [5.74, 6) is 0.100. The van der Waals surface area contributed by atoms with E-state index in [2.05, 4.69) is 11.9 Å². The molecule has 1 aromatic heterocycles. The lowest BCUT2D eigenvalue weighted by molar-refractivity contribution is -0.141. The molecule has 270 valence electrons. The molecule has 3 aliphatic rings. The first-order valence-corrected chi connectivity index (χ1v) is 18.1. The standard InChI is InChI=1S/C40H54N4O6/c1-9-10-12-16-25(2)33-32-24-44(34(33)26(3)45)37(46)35(39(4,5)6)43-38(47)50-40(7)22-15-18-27(40)17-13-11-14-19-30-36(49-32)42-31-23-28(48-8)20-21-29(31)41-30/h9-10,12,16,20-21,23,27,32-35H,2,11,13-15,17-19,22,24H2,1,3-8H3,(H,43,47)/b10-9-,16-12-/t27-,32+,33-,34-,35-,40-/m1/s1. The first kappa shape index (κ1) is 37.1. The van der Waals surface area contributed by atoms with Gasteiger partial charge in [-0.2, -0.15) is 0 Å². The lowest BCUT2D eigenvalue weighted by atomic mass is 9.84. The zero-order valence-electron chi connectivity index (χ0n) is 30.8. The molecule has 2 bridgehead atoms. The number of carbonyl (C=O) groups excluding carboxylic acids is 3. The molecule has 50 heavy (non-hydrogen) atoms. The number of carbonyl (C=O) groups is 3. The lowest BCUT2D eigenvalue weighted by Gasteiger charge is -2.37. The van der Waals surface area contributed by atoms with Crippen LogP contribution in [0, 0.1) is 17.3 Å². The van der Waals surface area contributed by atoms with Crippen molar-refractivity contribution in [2.75, 3.05) is 13.7 Å². The molecule has 10 nitrogen and oxygen atoms in total. The van der Waals surface area contributed by atoms with E-state index in [1.165, 1.54) is 6.92 Å². The maximum Gasteiger partial charge on any atom is 0.408 e. The molecule has 1 saturated carbocycles. The second kappa shape index (κ2) is 15.4. The molecule has 1 aliphatic carbocycles. The van der Waals surface area contributed by atoms with Gasteiger partial charge in [-0.25, -0.2) is 14.8 Å². The second-order valence-corrected chi connectivity index (χ2v) is 15.4. The third kappa shape index (κ3) is 8.05. The average Bonchev–Trinajstić information content (AvgIpc) is 3.62. The molecule has 1 saturated heterocycles. The van der Waals surface area contributed by atoms with Crippen LogP contribution in [0.4, 0.5) is 4.79 Å². The Hall–Kier alpha value is -4.21. The van der Waals surface area contributed by atoms with Gasteiger partial charge >= 0.3 is 6.09 Å². The number of hydrogen-bond acceptors (Lipinski definition) is 8. The van der Waals surface area contributed by atoms with Gasteiger partial charge in [0, 0.05) is 12.0 Å². The third-order valence-corrected chi connectivity index (χ3v) is 10.6. The molecule has 6 atom stereocenters. The van der Waals surface area contributed by atoms with Crippen LogP contribution in [0.25, 0.3) is 11.0 Å². The Kier molecular flexibility index (Phi) is 11.4. The highest BCUT2D eigenvalue weighted by atomic mass is 16.6. The number of ketones is 1. The van der Waals surface area contributed by atoms with Crippen molar-refractivity contribution in [2.24, 2.45) is 17.3 Å². The zero-order chi connectivity index (χ0) is 36.2. The number of alkyl carbamates (subject to hydrolysis) is 1. The van der Waals surface area contributed by atoms with Crippen LogP contribution in [0.15, 0.2) is 54.7 Å². The highest BCUT2D eigenvalue weighted by Gasteiger charge is 2.52. The van der Waals surface area contributed by atoms with E-state index in [4.69, 9.17) is 24.2 Å². The summed E-state index contributed by atoms with van der Waals surface area (Å²) < 4.78 is 18.5. The number of aryl methyl sites for hydroxylation is 1. The van der Waals surface area contributed by atoms with Crippen molar-refractivity contribution in [3.8, 4) is 11.6 Å². The van der Waals surface area contributed by atoms with Crippen molar-refractivity contribution in [3.63, 3.8) is 0 Å². The summed E-state index contributed by atoms with van der Waals surface area (Å²) in [4.78, 5) is 53.4. The summed E-state index contributed by atoms with van der Waals surface area (Å²) in [6.07, 6.45) is 13.4. The van der Waals surface area contributed by atoms with E-state index in [1.54, 1.807) is 12.0 Å². The summed E-state index contributed by atoms with van der Waals surface area (Å²) >= 11 is 0. The number of benzene rings is 1. The minimum Gasteiger partial charge on any atom is -0.497 e. The van der Waals surface area contributed by atoms with Gasteiger partial charge in [-0.15, -0.1) is 0 Å². The van der Waals surface area contributed by atoms with E-state index >= 15 is 0 Å². The summed E-state index contributed by atoms with van der Waals surface area (Å²) in [5.41, 5.74) is 1.43. The van der Waals surface area contributed by atoms with Crippen molar-refractivity contribution in [3.05, 3.63) is 60.3 Å². The topological polar surface area (TPSA) is 120 Å². The first-order chi connectivity index (χ1) is 23.8. The Morgan fingerprint density at radius 3 is 2.56 bits per heavy atom. The molecular formula is C40H54N4O6. The zero-order valence-corrected chi connectivity index (χ0v) is 30.8. The maximum absolute atomic E-state index is 14.7. The quantitative estimate of drug-likeness (QED) is 0.326. The number of amides is 2. The van der Waals surface area contributed by atoms with E-state index in [0.717, 1.165) is 56.2 Å². The van der Waals surface area contributed by atoms with Crippen LogP contribution in [-0.4, -0.2) is 70.1 Å². The SMILES string of the molecule is C=C(/C=C\C=C/C)[C@@H]1[C@@H]2CN(C(=O)[C@H](C(C)(C)C)NC(=O)O[C@]3(C)CCC[C@H]3CCCCCc3nc4ccc(OC)cc4nc3O2)[C@@H]1C(C)=O. The number of nitrogens with one attached hydrogen (secondary N) is 1. The Morgan fingerprint density at radius 1 is 1.10 bits per heavy atom. The van der Waals surface area contributed by atoms with Gasteiger partial charge in [-0.05, 0) is 88.3 Å². The van der Waals surface area contributed by atoms with Gasteiger partial charge in [0.2, 0.25) is 11.8 Å². The first-order valence-electron chi connectivity index (χ1n) is 18.1. The number of methoxy groups -OCH3 is 1. The Balaban J connectivity index is 1.62. The lowest BCUT2D eigenvalue weighted by Crippen LogP contribution is -2.58. The summed E-state index contributed by atoms with van der Waals surface area (Å²) in [6.45, 7) is 15.6. The normalized spacial score (nSPS) is 28.4. The third-order valence-electron chi connectivity index (χ3n) is 10.6. The van der Waals surface area contributed by atoms with E-state index in [-0.39, 0.29) is 24.2 Å². The average molecular weight is 687 g/mol. The minimum absolute atomic E-state index is 0.0879. The monoisotopic (exact) mass is 686 g/mol. The van der Waals surface area contributed by atoms with E-state index in [1.807, 2.05) is 77.1 Å². The smallest absolute Gasteiger partial charge is 0.408 e. The maximum atomic E-state index is 14.7. The van der Waals surface area contributed by atoms with Gasteiger partial charge in [-0.3, -0.25) is 9.59 Å². The molecule has 0 spiro atoms. The molecule has 3 heterocycles. The van der Waals surface area contributed by atoms with Crippen molar-refractivity contribution >= 4 is 28.8 Å². The van der Waals surface area contributed by atoms with Gasteiger partial charge in [0.15, 0.2) is 5.78 Å². The molecule has 10 heteroatoms. The molecule has 1 aromatic carbocycles. The van der Waals surface area contributed by atoms with Crippen LogP contribution in [0.1, 0.15) is 92.2 Å². The number of hydrogen-bond donors (Lipinski definition) is 1. The highest BCUT2D eigenvalue weighted by molar-refractivity contribution is 5.93. The van der Waals surface area contributed by atoms with Crippen molar-refractivity contribution < 1.29 is 28.6 Å². The van der Waals surface area contributed by atoms with Crippen LogP contribution in [-0.2, 0) is 20.7 Å². The fourth-order valence-electron chi connectivity index (χ4n) is 7.88. The largest absolute Gasteiger partial charge is 0.497 e. The predicted molar refractivity (Wildman–Crippen MR) is 194 cm³/mol. The van der Waals surface area contributed by atoms with Crippen LogP contribution >= 0.6 is 0 Å². The van der Waals surface area contributed by atoms with E-state index < -0.39 is 41.2 Å². The Morgan fingerprint density at radius 2 is 1.86 bits per heavy atom. The number of ether oxygens (including phenoxy) is 3. The van der Waals surface area contributed by atoms with Crippen molar-refractivity contribution in [2.45, 2.75) is 117 Å². The van der Waals surface area contributed by atoms with Gasteiger partial charge in [0.25, 0.3) is 0 Å². The van der Waals surface area contributed by atoms with Gasteiger partial charge in [0.05, 0.1) is 24.7 Å². The molecule has 2 aromatic rings. The molecule has 5 rings (SSSR count). The Bertz CT molecular complexity index is 1660. The van der Waals surface area contributed by atoms with Crippen LogP contribution < -0.4 is 14.8 Å². The minimum atomic E-state index is -0.964. The number of aromatic nitrogens is 2. The van der Waals surface area contributed by atoms with Crippen molar-refractivity contribution in [1.29, 1.82) is 0 Å². The summed E-state index contributed by atoms with van der Waals surface area (Å²) in [5, 5.41) is 2.94. The predicted octanol–water partition coefficient (Wildman–Crippen LogP) is 7.31. The number of fused-ring (bicyclic) bond motifs is 5. The summed E-state index contributed by atoms with van der Waals surface area (Å²) in [7, 11) is 1.61. The molecule has 2 fully saturated rings. The number of Topliss-reactive ketones (excluding diaryl/α,β-unsaturated/α-hetero) is 1. The van der Waals surface area contributed by atoms with E-state index in [0.29, 0.717) is 29.1 Å². The summed E-state index contributed by atoms with van der Waals surface area (Å²) in [6, 6.07) is 3.74. The number of rotatable bonds is 5. The molecule has 0 radical (unpaired) electrons. The molecule has 1 N–H and O–H groups in total. The van der Waals surface area contributed by atoms with E-state index in [9.17, 15) is 14.4 Å². The Labute approximate surface area is 296 Å². The number of allylic oxidation sites excluding steroid dienone is 4. The van der Waals surface area contributed by atoms with Crippen LogP contribution in [0.5, 0.6) is 11.6 Å². The van der Waals surface area contributed by atoms with Gasteiger partial charge < -0.3 is 24.4 Å². The number of nitrogens with zero attached hydrogens (tertiary/aromatic N) is 3. The van der Waals surface area contributed by atoms with Crippen LogP contribution in [0.2, 0.25) is 0 Å². The fourth-order valence-corrected chi connectivity index (χ4v) is 7.88. The molecule has 2 aliphatic heterocycles. The molecular weight excluding hydrogens is 632 g/mol. The van der Waals surface area contributed by atoms with Gasteiger partial charge in [0.1, 0.15) is 35.2 Å². The second-order valence-electron chi connectivity index (χ2n) is 15.4. The molecule has 2 amide bonds. The molecule has 0 unspecified atom stereocenters. The fraction of sp³-hybridized carbons (Fsp3) is 0.575.